The number of hydrogen-bond acceptors (Lipinski definition) is 5. The molecule has 0 saturated heterocycles. The highest BCUT2D eigenvalue weighted by molar-refractivity contribution is 8.00. The molecule has 1 amide bonds. The first-order chi connectivity index (χ1) is 12.6. The zero-order valence-corrected chi connectivity index (χ0v) is 16.3. The molecule has 134 valence electrons. The summed E-state index contributed by atoms with van der Waals surface area (Å²) in [5, 5.41) is 6.01. The van der Waals surface area contributed by atoms with E-state index < -0.39 is 0 Å². The molecule has 0 unspecified atom stereocenters. The number of amides is 1. The van der Waals surface area contributed by atoms with Crippen molar-refractivity contribution in [1.82, 2.24) is 4.98 Å². The van der Waals surface area contributed by atoms with E-state index in [0.717, 1.165) is 32.6 Å². The van der Waals surface area contributed by atoms with Crippen LogP contribution in [0.3, 0.4) is 0 Å². The highest BCUT2D eigenvalue weighted by Crippen LogP contribution is 2.24. The lowest BCUT2D eigenvalue weighted by atomic mass is 10.1. The van der Waals surface area contributed by atoms with Gasteiger partial charge in [0.15, 0.2) is 0 Å². The van der Waals surface area contributed by atoms with E-state index in [1.807, 2.05) is 67.8 Å². The molecule has 0 aliphatic carbocycles. The summed E-state index contributed by atoms with van der Waals surface area (Å²) < 4.78 is 5.42. The number of carbonyl (C=O) groups is 1. The van der Waals surface area contributed by atoms with Crippen LogP contribution < -0.4 is 10.1 Å². The van der Waals surface area contributed by atoms with Crippen molar-refractivity contribution in [2.75, 3.05) is 17.7 Å². The summed E-state index contributed by atoms with van der Waals surface area (Å²) in [4.78, 5) is 17.7. The Balaban J connectivity index is 1.51. The monoisotopic (exact) mass is 384 g/mol. The maximum Gasteiger partial charge on any atom is 0.234 e. The molecule has 0 radical (unpaired) electrons. The summed E-state index contributed by atoms with van der Waals surface area (Å²) in [7, 11) is 0. The maximum absolute atomic E-state index is 12.1. The van der Waals surface area contributed by atoms with Gasteiger partial charge in [0.2, 0.25) is 5.91 Å². The minimum atomic E-state index is -0.0267. The number of nitrogens with one attached hydrogen (secondary N) is 1. The van der Waals surface area contributed by atoms with Gasteiger partial charge in [0.05, 0.1) is 23.1 Å². The SMILES string of the molecule is CCOc1ccc(SCC(=O)Nc2ccc(-c3csc(C)n3)cc2)cc1. The van der Waals surface area contributed by atoms with Gasteiger partial charge < -0.3 is 10.1 Å². The van der Waals surface area contributed by atoms with Gasteiger partial charge in [0.25, 0.3) is 0 Å². The summed E-state index contributed by atoms with van der Waals surface area (Å²) >= 11 is 3.13. The van der Waals surface area contributed by atoms with E-state index in [1.54, 1.807) is 11.3 Å². The van der Waals surface area contributed by atoms with Gasteiger partial charge in [-0.1, -0.05) is 12.1 Å². The number of thioether (sulfide) groups is 1. The second kappa shape index (κ2) is 8.87. The quantitative estimate of drug-likeness (QED) is 0.565. The summed E-state index contributed by atoms with van der Waals surface area (Å²) in [5.41, 5.74) is 2.81. The van der Waals surface area contributed by atoms with Crippen molar-refractivity contribution in [3.8, 4) is 17.0 Å². The molecule has 6 heteroatoms. The van der Waals surface area contributed by atoms with Crippen LogP contribution in [-0.2, 0) is 4.79 Å². The Kier molecular flexibility index (Phi) is 6.30. The molecule has 1 N–H and O–H groups in total. The third kappa shape index (κ3) is 5.09. The number of ether oxygens (including phenoxy) is 1. The Labute approximate surface area is 161 Å². The van der Waals surface area contributed by atoms with Crippen LogP contribution in [0.25, 0.3) is 11.3 Å². The number of anilines is 1. The molecule has 1 aromatic heterocycles. The van der Waals surface area contributed by atoms with Gasteiger partial charge in [-0.25, -0.2) is 4.98 Å². The van der Waals surface area contributed by atoms with Gasteiger partial charge in [-0.2, -0.15) is 0 Å². The highest BCUT2D eigenvalue weighted by atomic mass is 32.2. The molecule has 0 spiro atoms. The average Bonchev–Trinajstić information content (AvgIpc) is 3.08. The Bertz CT molecular complexity index is 858. The van der Waals surface area contributed by atoms with Crippen LogP contribution >= 0.6 is 23.1 Å². The second-order valence-corrected chi connectivity index (χ2v) is 7.68. The Morgan fingerprint density at radius 1 is 1.15 bits per heavy atom. The number of hydrogen-bond donors (Lipinski definition) is 1. The van der Waals surface area contributed by atoms with Crippen molar-refractivity contribution < 1.29 is 9.53 Å². The number of aromatic nitrogens is 1. The van der Waals surface area contributed by atoms with Crippen molar-refractivity contribution in [2.45, 2.75) is 18.7 Å². The van der Waals surface area contributed by atoms with Crippen LogP contribution in [0.4, 0.5) is 5.69 Å². The first kappa shape index (κ1) is 18.5. The van der Waals surface area contributed by atoms with E-state index in [2.05, 4.69) is 10.3 Å². The van der Waals surface area contributed by atoms with Crippen LogP contribution in [0.5, 0.6) is 5.75 Å². The van der Waals surface area contributed by atoms with Crippen LogP contribution in [0.15, 0.2) is 58.8 Å². The predicted molar refractivity (Wildman–Crippen MR) is 109 cm³/mol. The van der Waals surface area contributed by atoms with Gasteiger partial charge in [0.1, 0.15) is 5.75 Å². The smallest absolute Gasteiger partial charge is 0.234 e. The third-order valence-corrected chi connectivity index (χ3v) is 5.37. The van der Waals surface area contributed by atoms with E-state index in [9.17, 15) is 4.79 Å². The summed E-state index contributed by atoms with van der Waals surface area (Å²) in [6.07, 6.45) is 0. The first-order valence-electron chi connectivity index (χ1n) is 8.32. The van der Waals surface area contributed by atoms with E-state index in [-0.39, 0.29) is 5.91 Å². The lowest BCUT2D eigenvalue weighted by Gasteiger charge is -2.07. The number of rotatable bonds is 7. The largest absolute Gasteiger partial charge is 0.494 e. The number of nitrogens with zero attached hydrogens (tertiary/aromatic N) is 1. The molecule has 0 bridgehead atoms. The van der Waals surface area contributed by atoms with Crippen molar-refractivity contribution in [2.24, 2.45) is 0 Å². The minimum Gasteiger partial charge on any atom is -0.494 e. The van der Waals surface area contributed by atoms with Gasteiger partial charge in [-0.05, 0) is 50.2 Å². The van der Waals surface area contributed by atoms with Gasteiger partial charge in [0, 0.05) is 21.5 Å². The fraction of sp³-hybridized carbons (Fsp3) is 0.200. The molecule has 3 aromatic rings. The average molecular weight is 385 g/mol. The molecule has 0 saturated carbocycles. The molecule has 4 nitrogen and oxygen atoms in total. The van der Waals surface area contributed by atoms with Crippen LogP contribution in [0.2, 0.25) is 0 Å². The normalized spacial score (nSPS) is 10.5. The molecule has 0 fully saturated rings. The summed E-state index contributed by atoms with van der Waals surface area (Å²) in [6.45, 7) is 4.60. The molecule has 0 atom stereocenters. The summed E-state index contributed by atoms with van der Waals surface area (Å²) in [6, 6.07) is 15.5. The highest BCUT2D eigenvalue weighted by Gasteiger charge is 2.06. The molecule has 2 aromatic carbocycles. The minimum absolute atomic E-state index is 0.0267. The number of aryl methyl sites for hydroxylation is 1. The molecule has 0 aliphatic rings. The standard InChI is InChI=1S/C20H20N2O2S2/c1-3-24-17-8-10-18(11-9-17)26-13-20(23)22-16-6-4-15(5-7-16)19-12-25-14(2)21-19/h4-12H,3,13H2,1-2H3,(H,22,23). The van der Waals surface area contributed by atoms with Crippen LogP contribution in [0, 0.1) is 6.92 Å². The third-order valence-electron chi connectivity index (χ3n) is 3.59. The van der Waals surface area contributed by atoms with Crippen LogP contribution in [0.1, 0.15) is 11.9 Å². The number of thiazole rings is 1. The Hall–Kier alpha value is -2.31. The number of carbonyl (C=O) groups excluding carboxylic acids is 1. The van der Waals surface area contributed by atoms with E-state index >= 15 is 0 Å². The lowest BCUT2D eigenvalue weighted by molar-refractivity contribution is -0.113. The molecule has 1 heterocycles. The van der Waals surface area contributed by atoms with E-state index in [0.29, 0.717) is 12.4 Å². The molecular formula is C20H20N2O2S2. The Morgan fingerprint density at radius 2 is 1.88 bits per heavy atom. The predicted octanol–water partition coefficient (Wildman–Crippen LogP) is 5.25. The molecule has 0 aliphatic heterocycles. The zero-order chi connectivity index (χ0) is 18.4. The molecular weight excluding hydrogens is 364 g/mol. The fourth-order valence-corrected chi connectivity index (χ4v) is 3.69. The molecule has 26 heavy (non-hydrogen) atoms. The van der Waals surface area contributed by atoms with Crippen molar-refractivity contribution in [3.63, 3.8) is 0 Å². The van der Waals surface area contributed by atoms with Crippen molar-refractivity contribution in [1.29, 1.82) is 0 Å². The zero-order valence-electron chi connectivity index (χ0n) is 14.7. The van der Waals surface area contributed by atoms with Gasteiger partial charge in [-0.15, -0.1) is 23.1 Å². The van der Waals surface area contributed by atoms with E-state index in [1.165, 1.54) is 11.8 Å². The summed E-state index contributed by atoms with van der Waals surface area (Å²) in [5.74, 6) is 1.18. The van der Waals surface area contributed by atoms with Crippen LogP contribution in [-0.4, -0.2) is 23.3 Å². The van der Waals surface area contributed by atoms with E-state index in [4.69, 9.17) is 4.74 Å². The number of benzene rings is 2. The van der Waals surface area contributed by atoms with Crippen molar-refractivity contribution >= 4 is 34.7 Å². The fourth-order valence-electron chi connectivity index (χ4n) is 2.37. The maximum atomic E-state index is 12.1. The topological polar surface area (TPSA) is 51.2 Å². The van der Waals surface area contributed by atoms with Gasteiger partial charge >= 0.3 is 0 Å². The second-order valence-electron chi connectivity index (χ2n) is 5.57. The lowest BCUT2D eigenvalue weighted by Crippen LogP contribution is -2.13. The first-order valence-corrected chi connectivity index (χ1v) is 10.2. The van der Waals surface area contributed by atoms with Crippen molar-refractivity contribution in [3.05, 3.63) is 58.9 Å². The Morgan fingerprint density at radius 3 is 2.50 bits per heavy atom. The molecule has 3 rings (SSSR count). The van der Waals surface area contributed by atoms with Gasteiger partial charge in [-0.3, -0.25) is 4.79 Å².